The van der Waals surface area contributed by atoms with Crippen LogP contribution in [0.25, 0.3) is 0 Å². The number of hydrogen-bond acceptors (Lipinski definition) is 3. The van der Waals surface area contributed by atoms with Gasteiger partial charge in [0.05, 0.1) is 6.54 Å². The van der Waals surface area contributed by atoms with E-state index in [1.807, 2.05) is 27.8 Å². The van der Waals surface area contributed by atoms with Crippen molar-refractivity contribution in [3.05, 3.63) is 0 Å². The van der Waals surface area contributed by atoms with Gasteiger partial charge in [-0.25, -0.2) is 0 Å². The van der Waals surface area contributed by atoms with Crippen LogP contribution >= 0.6 is 12.4 Å². The van der Waals surface area contributed by atoms with Gasteiger partial charge in [0.25, 0.3) is 0 Å². The van der Waals surface area contributed by atoms with E-state index < -0.39 is 0 Å². The average Bonchev–Trinajstić information content (AvgIpc) is 2.19. The maximum atomic E-state index is 11.4. The number of carbonyl (C=O) groups excluding carboxylic acids is 2. The predicted molar refractivity (Wildman–Crippen MR) is 75.9 cm³/mol. The van der Waals surface area contributed by atoms with Crippen molar-refractivity contribution in [2.24, 2.45) is 5.41 Å². The first kappa shape index (κ1) is 19.5. The summed E-state index contributed by atoms with van der Waals surface area (Å²) in [5, 5.41) is 8.35. The summed E-state index contributed by atoms with van der Waals surface area (Å²) < 4.78 is 0. The van der Waals surface area contributed by atoms with E-state index in [-0.39, 0.29) is 36.2 Å². The number of carbonyl (C=O) groups is 2. The summed E-state index contributed by atoms with van der Waals surface area (Å²) in [5.41, 5.74) is -0.0483. The fraction of sp³-hybridized carbons (Fsp3) is 0.833. The van der Waals surface area contributed by atoms with E-state index in [9.17, 15) is 9.59 Å². The Hall–Kier alpha value is -0.810. The molecule has 0 saturated heterocycles. The van der Waals surface area contributed by atoms with E-state index in [0.717, 1.165) is 13.0 Å². The Labute approximate surface area is 116 Å². The third-order valence-corrected chi connectivity index (χ3v) is 2.06. The Morgan fingerprint density at radius 3 is 2.11 bits per heavy atom. The van der Waals surface area contributed by atoms with Crippen molar-refractivity contribution >= 4 is 24.2 Å². The summed E-state index contributed by atoms with van der Waals surface area (Å²) in [6, 6.07) is 0. The number of hydrogen-bond donors (Lipinski definition) is 3. The van der Waals surface area contributed by atoms with Crippen LogP contribution in [-0.4, -0.2) is 38.5 Å². The molecule has 18 heavy (non-hydrogen) atoms. The fourth-order valence-electron chi connectivity index (χ4n) is 1.28. The van der Waals surface area contributed by atoms with Crippen LogP contribution in [0.1, 0.15) is 33.6 Å². The number of nitrogens with one attached hydrogen (secondary N) is 3. The van der Waals surface area contributed by atoms with Gasteiger partial charge in [-0.3, -0.25) is 9.59 Å². The number of halogens is 1. The molecule has 3 N–H and O–H groups in total. The van der Waals surface area contributed by atoms with Crippen molar-refractivity contribution in [2.45, 2.75) is 33.6 Å². The second kappa shape index (κ2) is 10.1. The Bertz CT molecular complexity index is 252. The first-order chi connectivity index (χ1) is 7.85. The van der Waals surface area contributed by atoms with Gasteiger partial charge in [-0.15, -0.1) is 12.4 Å². The number of amides is 2. The van der Waals surface area contributed by atoms with Crippen molar-refractivity contribution in [3.8, 4) is 0 Å². The summed E-state index contributed by atoms with van der Waals surface area (Å²) in [7, 11) is 1.87. The van der Waals surface area contributed by atoms with Crippen LogP contribution in [0.3, 0.4) is 0 Å². The van der Waals surface area contributed by atoms with E-state index in [0.29, 0.717) is 13.0 Å². The summed E-state index contributed by atoms with van der Waals surface area (Å²) >= 11 is 0. The first-order valence-corrected chi connectivity index (χ1v) is 6.03. The fourth-order valence-corrected chi connectivity index (χ4v) is 1.28. The van der Waals surface area contributed by atoms with Crippen molar-refractivity contribution in [1.82, 2.24) is 16.0 Å². The molecule has 0 fully saturated rings. The minimum Gasteiger partial charge on any atom is -0.355 e. The normalized spacial score (nSPS) is 10.4. The molecule has 0 atom stereocenters. The maximum Gasteiger partial charge on any atom is 0.239 e. The molecule has 0 aliphatic rings. The van der Waals surface area contributed by atoms with Crippen LogP contribution in [0.5, 0.6) is 0 Å². The molecule has 0 unspecified atom stereocenters. The van der Waals surface area contributed by atoms with Gasteiger partial charge >= 0.3 is 0 Å². The molecule has 0 heterocycles. The molecule has 0 radical (unpaired) electrons. The maximum absolute atomic E-state index is 11.4. The van der Waals surface area contributed by atoms with Crippen molar-refractivity contribution in [2.75, 3.05) is 26.7 Å². The zero-order valence-electron chi connectivity index (χ0n) is 11.8. The van der Waals surface area contributed by atoms with Crippen LogP contribution in [0.15, 0.2) is 0 Å². The molecule has 0 aliphatic heterocycles. The molecule has 6 heteroatoms. The topological polar surface area (TPSA) is 70.2 Å². The highest BCUT2D eigenvalue weighted by atomic mass is 35.5. The predicted octanol–water partition coefficient (Wildman–Crippen LogP) is 0.686. The Balaban J connectivity index is 0. The number of rotatable bonds is 7. The molecule has 0 bridgehead atoms. The molecule has 0 aromatic carbocycles. The van der Waals surface area contributed by atoms with E-state index >= 15 is 0 Å². The molecule has 108 valence electrons. The summed E-state index contributed by atoms with van der Waals surface area (Å²) in [5.74, 6) is -0.216. The molecule has 0 spiro atoms. The van der Waals surface area contributed by atoms with E-state index in [1.54, 1.807) is 0 Å². The largest absolute Gasteiger partial charge is 0.355 e. The summed E-state index contributed by atoms with van der Waals surface area (Å²) in [6.45, 7) is 7.54. The molecule has 0 rings (SSSR count). The Kier molecular flexibility index (Phi) is 11.0. The van der Waals surface area contributed by atoms with E-state index in [2.05, 4.69) is 16.0 Å². The molecule has 0 aliphatic carbocycles. The lowest BCUT2D eigenvalue weighted by atomic mass is 9.92. The first-order valence-electron chi connectivity index (χ1n) is 6.03. The lowest BCUT2D eigenvalue weighted by Crippen LogP contribution is -2.38. The van der Waals surface area contributed by atoms with Gasteiger partial charge in [0.15, 0.2) is 0 Å². The van der Waals surface area contributed by atoms with E-state index in [4.69, 9.17) is 0 Å². The van der Waals surface area contributed by atoms with Gasteiger partial charge in [0, 0.05) is 13.0 Å². The van der Waals surface area contributed by atoms with Gasteiger partial charge in [-0.2, -0.15) is 0 Å². The minimum atomic E-state index is -0.136. The Morgan fingerprint density at radius 2 is 1.61 bits per heavy atom. The lowest BCUT2D eigenvalue weighted by molar-refractivity contribution is -0.127. The molecule has 0 aromatic heterocycles. The van der Waals surface area contributed by atoms with Crippen LogP contribution in [0.2, 0.25) is 0 Å². The molecule has 5 nitrogen and oxygen atoms in total. The van der Waals surface area contributed by atoms with Crippen molar-refractivity contribution < 1.29 is 9.59 Å². The second-order valence-corrected chi connectivity index (χ2v) is 5.32. The van der Waals surface area contributed by atoms with Crippen LogP contribution in [0, 0.1) is 5.41 Å². The van der Waals surface area contributed by atoms with Crippen LogP contribution < -0.4 is 16.0 Å². The Morgan fingerprint density at radius 1 is 1.00 bits per heavy atom. The monoisotopic (exact) mass is 279 g/mol. The van der Waals surface area contributed by atoms with Crippen LogP contribution in [0.4, 0.5) is 0 Å². The van der Waals surface area contributed by atoms with Gasteiger partial charge in [0.1, 0.15) is 0 Å². The highest BCUT2D eigenvalue weighted by molar-refractivity contribution is 5.85. The molecular formula is C12H26ClN3O2. The molecule has 0 saturated carbocycles. The smallest absolute Gasteiger partial charge is 0.239 e. The average molecular weight is 280 g/mol. The molecular weight excluding hydrogens is 254 g/mol. The van der Waals surface area contributed by atoms with Crippen molar-refractivity contribution in [1.29, 1.82) is 0 Å². The van der Waals surface area contributed by atoms with Gasteiger partial charge in [-0.1, -0.05) is 20.8 Å². The third-order valence-electron chi connectivity index (χ3n) is 2.06. The highest BCUT2D eigenvalue weighted by Gasteiger charge is 2.16. The van der Waals surface area contributed by atoms with E-state index in [1.165, 1.54) is 0 Å². The highest BCUT2D eigenvalue weighted by Crippen LogP contribution is 2.17. The zero-order chi connectivity index (χ0) is 13.3. The second-order valence-electron chi connectivity index (χ2n) is 5.32. The van der Waals surface area contributed by atoms with Gasteiger partial charge in [0.2, 0.25) is 11.8 Å². The summed E-state index contributed by atoms with van der Waals surface area (Å²) in [6.07, 6.45) is 1.32. The summed E-state index contributed by atoms with van der Waals surface area (Å²) in [4.78, 5) is 22.8. The standard InChI is InChI=1S/C12H25N3O2.ClH/c1-12(2,3)8-10(16)15-9-11(17)14-7-5-6-13-4;/h13H,5-9H2,1-4H3,(H,14,17)(H,15,16);1H. The minimum absolute atomic E-state index is 0. The van der Waals surface area contributed by atoms with Gasteiger partial charge < -0.3 is 16.0 Å². The van der Waals surface area contributed by atoms with Gasteiger partial charge in [-0.05, 0) is 25.4 Å². The lowest BCUT2D eigenvalue weighted by Gasteiger charge is -2.17. The van der Waals surface area contributed by atoms with Crippen molar-refractivity contribution in [3.63, 3.8) is 0 Å². The molecule has 2 amide bonds. The zero-order valence-corrected chi connectivity index (χ0v) is 12.6. The quantitative estimate of drug-likeness (QED) is 0.601. The van der Waals surface area contributed by atoms with Crippen LogP contribution in [-0.2, 0) is 9.59 Å². The SMILES string of the molecule is CNCCCNC(=O)CNC(=O)CC(C)(C)C.Cl. The third kappa shape index (κ3) is 13.3. The molecule has 0 aromatic rings.